The Hall–Kier alpha value is -4.05. The molecule has 2 atom stereocenters. The number of carbonyl (C=O) groups excluding carboxylic acids is 2. The molecule has 2 unspecified atom stereocenters. The summed E-state index contributed by atoms with van der Waals surface area (Å²) in [5.74, 6) is -2.44. The maximum atomic E-state index is 15.4. The van der Waals surface area contributed by atoms with E-state index < -0.39 is 44.5 Å². The smallest absolute Gasteiger partial charge is 0.497 e. The third kappa shape index (κ3) is 5.93. The summed E-state index contributed by atoms with van der Waals surface area (Å²) >= 11 is 6.54. The highest BCUT2D eigenvalue weighted by Gasteiger charge is 2.63. The van der Waals surface area contributed by atoms with Crippen molar-refractivity contribution < 1.29 is 45.4 Å². The zero-order chi connectivity index (χ0) is 35.3. The van der Waals surface area contributed by atoms with Gasteiger partial charge in [-0.2, -0.15) is 0 Å². The van der Waals surface area contributed by atoms with Gasteiger partial charge in [0.05, 0.1) is 19.9 Å². The van der Waals surface area contributed by atoms with Gasteiger partial charge in [0.1, 0.15) is 22.4 Å². The second-order valence-corrected chi connectivity index (χ2v) is 13.9. The fourth-order valence-electron chi connectivity index (χ4n) is 6.34. The predicted molar refractivity (Wildman–Crippen MR) is 171 cm³/mol. The van der Waals surface area contributed by atoms with Gasteiger partial charge in [0, 0.05) is 55.9 Å². The van der Waals surface area contributed by atoms with Crippen molar-refractivity contribution >= 4 is 39.1 Å². The van der Waals surface area contributed by atoms with Gasteiger partial charge in [-0.05, 0) is 56.4 Å². The molecule has 0 radical (unpaired) electrons. The third-order valence-electron chi connectivity index (χ3n) is 8.44. The van der Waals surface area contributed by atoms with Crippen LogP contribution < -0.4 is 18.5 Å². The van der Waals surface area contributed by atoms with E-state index in [1.54, 1.807) is 44.1 Å². The average Bonchev–Trinajstić information content (AvgIpc) is 3.27. The lowest BCUT2D eigenvalue weighted by molar-refractivity contribution is -0.275. The number of likely N-dealkylation sites (N-methyl/N-ethyl adjacent to an activating group) is 2. The number of benzene rings is 3. The van der Waals surface area contributed by atoms with Gasteiger partial charge in [0.25, 0.3) is 15.9 Å². The molecule has 0 saturated carbocycles. The monoisotopic (exact) mass is 710 g/mol. The maximum absolute atomic E-state index is 15.4. The number of hydrogen-bond acceptors (Lipinski definition) is 9. The van der Waals surface area contributed by atoms with Crippen molar-refractivity contribution in [2.24, 2.45) is 0 Å². The molecule has 5 rings (SSSR count). The van der Waals surface area contributed by atoms with E-state index in [1.807, 2.05) is 11.9 Å². The number of amides is 2. The van der Waals surface area contributed by atoms with Crippen molar-refractivity contribution in [3.8, 4) is 17.2 Å². The van der Waals surface area contributed by atoms with Gasteiger partial charge in [-0.15, -0.1) is 13.2 Å². The van der Waals surface area contributed by atoms with Crippen LogP contribution >= 0.6 is 11.6 Å². The SMILES string of the molecule is COc1ccc(S(=O)(=O)N2C(=O)C(c3cc(C)ccc3OC)(N3CCN(C)CC3C(=O)N(C)C)c3cc(Cl)ccc32)c(OC(F)(F)F)c1. The van der Waals surface area contributed by atoms with E-state index in [0.29, 0.717) is 16.4 Å². The highest BCUT2D eigenvalue weighted by Crippen LogP contribution is 2.54. The van der Waals surface area contributed by atoms with Crippen LogP contribution in [0, 0.1) is 6.92 Å². The van der Waals surface area contributed by atoms with E-state index in [0.717, 1.165) is 18.2 Å². The highest BCUT2D eigenvalue weighted by molar-refractivity contribution is 7.93. The Morgan fingerprint density at radius 3 is 2.31 bits per heavy atom. The van der Waals surface area contributed by atoms with Crippen molar-refractivity contribution in [2.75, 3.05) is 59.3 Å². The first-order valence-electron chi connectivity index (χ1n) is 14.6. The molecule has 0 bridgehead atoms. The molecule has 0 N–H and O–H groups in total. The third-order valence-corrected chi connectivity index (χ3v) is 10.4. The number of fused-ring (bicyclic) bond motifs is 1. The Morgan fingerprint density at radius 1 is 0.979 bits per heavy atom. The van der Waals surface area contributed by atoms with E-state index in [9.17, 15) is 26.4 Å². The minimum atomic E-state index is -5.28. The number of sulfonamides is 1. The number of piperazine rings is 1. The van der Waals surface area contributed by atoms with Crippen molar-refractivity contribution in [1.82, 2.24) is 14.7 Å². The molecule has 3 aromatic carbocycles. The predicted octanol–water partition coefficient (Wildman–Crippen LogP) is 4.25. The first-order chi connectivity index (χ1) is 22.5. The lowest BCUT2D eigenvalue weighted by Gasteiger charge is -2.49. The normalized spacial score (nSPS) is 20.4. The largest absolute Gasteiger partial charge is 0.573 e. The number of anilines is 1. The molecule has 11 nitrogen and oxygen atoms in total. The number of nitrogens with zero attached hydrogens (tertiary/aromatic N) is 4. The Bertz CT molecular complexity index is 1870. The molecule has 1 fully saturated rings. The van der Waals surface area contributed by atoms with Gasteiger partial charge in [0.15, 0.2) is 11.3 Å². The Labute approximate surface area is 281 Å². The molecular weight excluding hydrogens is 677 g/mol. The van der Waals surface area contributed by atoms with Crippen molar-refractivity contribution in [3.05, 3.63) is 76.3 Å². The van der Waals surface area contributed by atoms with E-state index in [2.05, 4.69) is 4.74 Å². The van der Waals surface area contributed by atoms with E-state index in [4.69, 9.17) is 21.1 Å². The van der Waals surface area contributed by atoms with Crippen LogP contribution in [0.5, 0.6) is 17.2 Å². The van der Waals surface area contributed by atoms with Crippen molar-refractivity contribution in [2.45, 2.75) is 29.8 Å². The number of aryl methyl sites for hydroxylation is 1. The van der Waals surface area contributed by atoms with Crippen molar-refractivity contribution in [3.63, 3.8) is 0 Å². The maximum Gasteiger partial charge on any atom is 0.573 e. The quantitative estimate of drug-likeness (QED) is 0.339. The summed E-state index contributed by atoms with van der Waals surface area (Å²) < 4.78 is 85.5. The Balaban J connectivity index is 1.88. The molecule has 2 aliphatic heterocycles. The topological polar surface area (TPSA) is 109 Å². The van der Waals surface area contributed by atoms with E-state index in [1.165, 1.54) is 37.3 Å². The van der Waals surface area contributed by atoms with Gasteiger partial charge in [-0.25, -0.2) is 12.7 Å². The first kappa shape index (κ1) is 35.3. The molecule has 0 spiro atoms. The lowest BCUT2D eigenvalue weighted by atomic mass is 9.79. The number of carbonyl (C=O) groups is 2. The zero-order valence-electron chi connectivity index (χ0n) is 27.0. The summed E-state index contributed by atoms with van der Waals surface area (Å²) in [6, 6.07) is 11.0. The molecule has 48 heavy (non-hydrogen) atoms. The fraction of sp³-hybridized carbons (Fsp3) is 0.375. The number of alkyl halides is 3. The van der Waals surface area contributed by atoms with Crippen LogP contribution in [-0.4, -0.2) is 102 Å². The molecule has 2 aliphatic rings. The molecular formula is C32H34ClF3N4O7S. The van der Waals surface area contributed by atoms with Crippen LogP contribution in [0.2, 0.25) is 5.02 Å². The highest BCUT2D eigenvalue weighted by atomic mass is 35.5. The summed E-state index contributed by atoms with van der Waals surface area (Å²) in [7, 11) is 2.36. The number of rotatable bonds is 8. The Kier molecular flexibility index (Phi) is 9.38. The molecule has 0 aromatic heterocycles. The van der Waals surface area contributed by atoms with Crippen LogP contribution in [-0.2, 0) is 25.2 Å². The molecule has 258 valence electrons. The van der Waals surface area contributed by atoms with Gasteiger partial charge in [0.2, 0.25) is 5.91 Å². The molecule has 1 saturated heterocycles. The molecule has 0 aliphatic carbocycles. The zero-order valence-corrected chi connectivity index (χ0v) is 28.5. The van der Waals surface area contributed by atoms with Crippen LogP contribution in [0.15, 0.2) is 59.5 Å². The first-order valence-corrected chi connectivity index (χ1v) is 16.4. The van der Waals surface area contributed by atoms with Gasteiger partial charge < -0.3 is 24.0 Å². The summed E-state index contributed by atoms with van der Waals surface area (Å²) in [6.07, 6.45) is -5.28. The van der Waals surface area contributed by atoms with Gasteiger partial charge in [-0.3, -0.25) is 14.5 Å². The van der Waals surface area contributed by atoms with Gasteiger partial charge in [-0.1, -0.05) is 23.2 Å². The number of ether oxygens (including phenoxy) is 3. The number of halogens is 4. The van der Waals surface area contributed by atoms with Crippen LogP contribution in [0.25, 0.3) is 0 Å². The van der Waals surface area contributed by atoms with Gasteiger partial charge >= 0.3 is 6.36 Å². The van der Waals surface area contributed by atoms with Crippen LogP contribution in [0.4, 0.5) is 18.9 Å². The van der Waals surface area contributed by atoms with Crippen LogP contribution in [0.1, 0.15) is 16.7 Å². The number of methoxy groups -OCH3 is 2. The second-order valence-electron chi connectivity index (χ2n) is 11.7. The molecule has 2 amide bonds. The summed E-state index contributed by atoms with van der Waals surface area (Å²) in [4.78, 5) is 33.3. The minimum Gasteiger partial charge on any atom is -0.497 e. The fourth-order valence-corrected chi connectivity index (χ4v) is 8.08. The number of hydrogen-bond donors (Lipinski definition) is 0. The summed E-state index contributed by atoms with van der Waals surface area (Å²) in [5.41, 5.74) is -1.22. The Morgan fingerprint density at radius 2 is 1.69 bits per heavy atom. The standard InChI is InChI=1S/C32H34ClF3N4O7S/c1-19-7-11-26(46-6)23(15-19)31(39-14-13-38(4)18-25(39)29(41)37(2)3)22-16-20(33)8-10-24(22)40(30(31)42)48(43,44)28-12-9-21(45-5)17-27(28)47-32(34,35)36/h7-12,15-17,25H,13-14,18H2,1-6H3. The van der Waals surface area contributed by atoms with Crippen LogP contribution in [0.3, 0.4) is 0 Å². The molecule has 2 heterocycles. The minimum absolute atomic E-state index is 0.0976. The van der Waals surface area contributed by atoms with Crippen molar-refractivity contribution in [1.29, 1.82) is 0 Å². The van der Waals surface area contributed by atoms with E-state index in [-0.39, 0.29) is 52.3 Å². The molecule has 16 heteroatoms. The summed E-state index contributed by atoms with van der Waals surface area (Å²) in [5, 5.41) is 0.145. The second kappa shape index (κ2) is 12.8. The average molecular weight is 711 g/mol. The van der Waals surface area contributed by atoms with E-state index >= 15 is 4.79 Å². The lowest BCUT2D eigenvalue weighted by Crippen LogP contribution is -2.67. The molecule has 3 aromatic rings. The summed E-state index contributed by atoms with van der Waals surface area (Å²) in [6.45, 7) is 2.43.